The van der Waals surface area contributed by atoms with E-state index in [1.54, 1.807) is 17.5 Å². The molecule has 2 aromatic rings. The number of aromatic nitrogens is 3. The molecule has 4 heterocycles. The number of aromatic amines is 1. The van der Waals surface area contributed by atoms with E-state index in [0.717, 1.165) is 66.6 Å². The van der Waals surface area contributed by atoms with Gasteiger partial charge >= 0.3 is 0 Å². The topological polar surface area (TPSA) is 82.2 Å². The molecule has 7 nitrogen and oxygen atoms in total. The van der Waals surface area contributed by atoms with Crippen LogP contribution in [0.2, 0.25) is 0 Å². The van der Waals surface area contributed by atoms with Gasteiger partial charge in [-0.3, -0.25) is 14.7 Å². The zero-order valence-corrected chi connectivity index (χ0v) is 18.8. The summed E-state index contributed by atoms with van der Waals surface area (Å²) in [5.41, 5.74) is 2.54. The molecular weight excluding hydrogens is 398 g/mol. The van der Waals surface area contributed by atoms with Gasteiger partial charge in [0.05, 0.1) is 34.6 Å². The SMILES string of the molecule is Cc1nc(C)c(CC(=O)N2CCCC(c3[nH]ncc3C(=O)N3CCCCCC3)C2)s1. The molecular formula is C22H31N5O2S. The number of carbonyl (C=O) groups is 2. The average Bonchev–Trinajstić information content (AvgIpc) is 3.24. The Kier molecular flexibility index (Phi) is 6.51. The molecule has 2 aliphatic rings. The zero-order chi connectivity index (χ0) is 21.1. The third-order valence-electron chi connectivity index (χ3n) is 6.29. The molecule has 0 bridgehead atoms. The number of rotatable bonds is 4. The number of thiazole rings is 1. The first-order valence-corrected chi connectivity index (χ1v) is 11.9. The highest BCUT2D eigenvalue weighted by atomic mass is 32.1. The number of amides is 2. The fraction of sp³-hybridized carbons (Fsp3) is 0.636. The second-order valence-electron chi connectivity index (χ2n) is 8.50. The molecule has 4 rings (SSSR count). The van der Waals surface area contributed by atoms with Crippen LogP contribution in [-0.2, 0) is 11.2 Å². The third-order valence-corrected chi connectivity index (χ3v) is 7.36. The van der Waals surface area contributed by atoms with Gasteiger partial charge in [0.25, 0.3) is 5.91 Å². The quantitative estimate of drug-likeness (QED) is 0.807. The molecule has 2 aliphatic heterocycles. The Morgan fingerprint density at radius 3 is 2.53 bits per heavy atom. The number of hydrogen-bond donors (Lipinski definition) is 1. The largest absolute Gasteiger partial charge is 0.342 e. The van der Waals surface area contributed by atoms with Crippen LogP contribution >= 0.6 is 11.3 Å². The highest BCUT2D eigenvalue weighted by Crippen LogP contribution is 2.30. The summed E-state index contributed by atoms with van der Waals surface area (Å²) >= 11 is 1.60. The summed E-state index contributed by atoms with van der Waals surface area (Å²) in [7, 11) is 0. The molecule has 1 N–H and O–H groups in total. The zero-order valence-electron chi connectivity index (χ0n) is 17.9. The van der Waals surface area contributed by atoms with Crippen LogP contribution in [0.4, 0.5) is 0 Å². The van der Waals surface area contributed by atoms with Crippen molar-refractivity contribution in [2.75, 3.05) is 26.2 Å². The van der Waals surface area contributed by atoms with E-state index >= 15 is 0 Å². The summed E-state index contributed by atoms with van der Waals surface area (Å²) in [6, 6.07) is 0. The van der Waals surface area contributed by atoms with E-state index in [0.29, 0.717) is 18.5 Å². The molecule has 2 fully saturated rings. The van der Waals surface area contributed by atoms with E-state index in [1.807, 2.05) is 23.6 Å². The van der Waals surface area contributed by atoms with Gasteiger partial charge in [0.2, 0.25) is 5.91 Å². The Morgan fingerprint density at radius 1 is 1.10 bits per heavy atom. The first-order valence-electron chi connectivity index (χ1n) is 11.1. The van der Waals surface area contributed by atoms with Crippen LogP contribution in [-0.4, -0.2) is 63.0 Å². The van der Waals surface area contributed by atoms with Crippen molar-refractivity contribution in [3.63, 3.8) is 0 Å². The van der Waals surface area contributed by atoms with E-state index in [4.69, 9.17) is 0 Å². The second kappa shape index (κ2) is 9.29. The van der Waals surface area contributed by atoms with Crippen LogP contribution in [0.15, 0.2) is 6.20 Å². The summed E-state index contributed by atoms with van der Waals surface area (Å²) in [5, 5.41) is 8.30. The molecule has 1 atom stereocenters. The van der Waals surface area contributed by atoms with Gasteiger partial charge in [0.1, 0.15) is 0 Å². The predicted octanol–water partition coefficient (Wildman–Crippen LogP) is 3.45. The first kappa shape index (κ1) is 21.0. The van der Waals surface area contributed by atoms with E-state index < -0.39 is 0 Å². The average molecular weight is 430 g/mol. The Balaban J connectivity index is 1.45. The van der Waals surface area contributed by atoms with Gasteiger partial charge in [-0.2, -0.15) is 5.10 Å². The first-order chi connectivity index (χ1) is 14.5. The lowest BCUT2D eigenvalue weighted by molar-refractivity contribution is -0.131. The number of H-pyrrole nitrogens is 1. The predicted molar refractivity (Wildman–Crippen MR) is 117 cm³/mol. The van der Waals surface area contributed by atoms with Crippen LogP contribution in [0.5, 0.6) is 0 Å². The number of nitrogens with one attached hydrogen (secondary N) is 1. The van der Waals surface area contributed by atoms with Gasteiger partial charge in [-0.1, -0.05) is 12.8 Å². The number of nitrogens with zero attached hydrogens (tertiary/aromatic N) is 4. The van der Waals surface area contributed by atoms with Gasteiger partial charge in [-0.15, -0.1) is 11.3 Å². The molecule has 0 aromatic carbocycles. The number of piperidine rings is 1. The molecule has 0 radical (unpaired) electrons. The maximum Gasteiger partial charge on any atom is 0.257 e. The van der Waals surface area contributed by atoms with Crippen LogP contribution in [0.1, 0.15) is 76.1 Å². The Morgan fingerprint density at radius 2 is 1.83 bits per heavy atom. The van der Waals surface area contributed by atoms with Crippen molar-refractivity contribution < 1.29 is 9.59 Å². The normalized spacial score (nSPS) is 20.3. The molecule has 162 valence electrons. The fourth-order valence-electron chi connectivity index (χ4n) is 4.65. The van der Waals surface area contributed by atoms with E-state index in [2.05, 4.69) is 15.2 Å². The van der Waals surface area contributed by atoms with Crippen molar-refractivity contribution in [2.24, 2.45) is 0 Å². The lowest BCUT2D eigenvalue weighted by atomic mass is 9.92. The molecule has 2 aromatic heterocycles. The van der Waals surface area contributed by atoms with Crippen molar-refractivity contribution in [2.45, 2.75) is 64.7 Å². The van der Waals surface area contributed by atoms with Crippen molar-refractivity contribution >= 4 is 23.2 Å². The Labute approximate surface area is 181 Å². The minimum Gasteiger partial charge on any atom is -0.342 e. The molecule has 1 unspecified atom stereocenters. The fourth-order valence-corrected chi connectivity index (χ4v) is 5.58. The molecule has 8 heteroatoms. The number of carbonyl (C=O) groups excluding carboxylic acids is 2. The summed E-state index contributed by atoms with van der Waals surface area (Å²) in [4.78, 5) is 35.5. The van der Waals surface area contributed by atoms with Crippen LogP contribution in [0, 0.1) is 13.8 Å². The van der Waals surface area contributed by atoms with Gasteiger partial charge in [-0.25, -0.2) is 4.98 Å². The number of likely N-dealkylation sites (tertiary alicyclic amines) is 2. The molecule has 0 saturated carbocycles. The smallest absolute Gasteiger partial charge is 0.257 e. The maximum absolute atomic E-state index is 13.2. The molecule has 2 amide bonds. The van der Waals surface area contributed by atoms with Crippen LogP contribution in [0.3, 0.4) is 0 Å². The molecule has 0 aliphatic carbocycles. The maximum atomic E-state index is 13.2. The summed E-state index contributed by atoms with van der Waals surface area (Å²) < 4.78 is 0. The summed E-state index contributed by atoms with van der Waals surface area (Å²) in [5.74, 6) is 0.353. The molecule has 2 saturated heterocycles. The van der Waals surface area contributed by atoms with Gasteiger partial charge in [0.15, 0.2) is 0 Å². The summed E-state index contributed by atoms with van der Waals surface area (Å²) in [6.07, 6.45) is 8.51. The molecule has 30 heavy (non-hydrogen) atoms. The highest BCUT2D eigenvalue weighted by molar-refractivity contribution is 7.11. The Hall–Kier alpha value is -2.22. The minimum atomic E-state index is 0.0832. The standard InChI is InChI=1S/C22H31N5O2S/c1-15-19(30-16(2)24-15)12-20(28)27-11-7-8-17(14-27)21-18(13-23-25-21)22(29)26-9-5-3-4-6-10-26/h13,17H,3-12,14H2,1-2H3,(H,23,25). The van der Waals surface area contributed by atoms with Crippen LogP contribution < -0.4 is 0 Å². The number of hydrogen-bond acceptors (Lipinski definition) is 5. The van der Waals surface area contributed by atoms with E-state index in [-0.39, 0.29) is 17.7 Å². The van der Waals surface area contributed by atoms with E-state index in [9.17, 15) is 9.59 Å². The molecule has 0 spiro atoms. The van der Waals surface area contributed by atoms with Gasteiger partial charge < -0.3 is 9.80 Å². The Bertz CT molecular complexity index is 897. The van der Waals surface area contributed by atoms with Crippen molar-refractivity contribution in [3.8, 4) is 0 Å². The van der Waals surface area contributed by atoms with E-state index in [1.165, 1.54) is 12.8 Å². The second-order valence-corrected chi connectivity index (χ2v) is 9.79. The lowest BCUT2D eigenvalue weighted by Gasteiger charge is -2.33. The van der Waals surface area contributed by atoms with Gasteiger partial charge in [-0.05, 0) is 39.5 Å². The number of aryl methyl sites for hydroxylation is 2. The van der Waals surface area contributed by atoms with Crippen molar-refractivity contribution in [1.29, 1.82) is 0 Å². The van der Waals surface area contributed by atoms with Crippen molar-refractivity contribution in [1.82, 2.24) is 25.0 Å². The summed E-state index contributed by atoms with van der Waals surface area (Å²) in [6.45, 7) is 7.01. The van der Waals surface area contributed by atoms with Gasteiger partial charge in [0, 0.05) is 37.0 Å². The highest BCUT2D eigenvalue weighted by Gasteiger charge is 2.30. The van der Waals surface area contributed by atoms with Crippen LogP contribution in [0.25, 0.3) is 0 Å². The minimum absolute atomic E-state index is 0.0832. The monoisotopic (exact) mass is 429 g/mol. The van der Waals surface area contributed by atoms with Crippen molar-refractivity contribution in [3.05, 3.63) is 33.0 Å². The third kappa shape index (κ3) is 4.58. The lowest BCUT2D eigenvalue weighted by Crippen LogP contribution is -2.40.